The number of aryl methyl sites for hydroxylation is 1. The van der Waals surface area contributed by atoms with Crippen LogP contribution < -0.4 is 4.74 Å². The van der Waals surface area contributed by atoms with Gasteiger partial charge in [0, 0.05) is 17.8 Å². The Morgan fingerprint density at radius 2 is 1.85 bits per heavy atom. The molecule has 0 saturated heterocycles. The molecule has 2 aromatic carbocycles. The minimum atomic E-state index is -0.186. The number of halogens is 1. The summed E-state index contributed by atoms with van der Waals surface area (Å²) in [5.41, 5.74) is 2.38. The fourth-order valence-electron chi connectivity index (χ4n) is 2.62. The van der Waals surface area contributed by atoms with Crippen molar-refractivity contribution in [1.29, 1.82) is 0 Å². The normalized spacial score (nSPS) is 12.2. The molecule has 0 bridgehead atoms. The van der Waals surface area contributed by atoms with Gasteiger partial charge >= 0.3 is 0 Å². The molecule has 26 heavy (non-hydrogen) atoms. The molecular formula is C20H22ClN3OS. The molecule has 1 aromatic heterocycles. The van der Waals surface area contributed by atoms with Crippen LogP contribution in [0.15, 0.2) is 53.7 Å². The number of ether oxygens (including phenoxy) is 1. The minimum absolute atomic E-state index is 0.186. The van der Waals surface area contributed by atoms with Crippen LogP contribution in [-0.2, 0) is 19.2 Å². The van der Waals surface area contributed by atoms with Crippen molar-refractivity contribution >= 4 is 23.4 Å². The average molecular weight is 388 g/mol. The molecule has 0 amide bonds. The predicted molar refractivity (Wildman–Crippen MR) is 107 cm³/mol. The van der Waals surface area contributed by atoms with Gasteiger partial charge in [-0.05, 0) is 42.7 Å². The summed E-state index contributed by atoms with van der Waals surface area (Å²) in [5, 5.41) is 10.2. The van der Waals surface area contributed by atoms with Crippen LogP contribution in [0.5, 0.6) is 5.75 Å². The fourth-order valence-corrected chi connectivity index (χ4v) is 3.83. The van der Waals surface area contributed by atoms with E-state index in [0.29, 0.717) is 0 Å². The van der Waals surface area contributed by atoms with Crippen LogP contribution in [0.4, 0.5) is 0 Å². The van der Waals surface area contributed by atoms with E-state index in [1.165, 1.54) is 5.56 Å². The van der Waals surface area contributed by atoms with Crippen LogP contribution in [0.1, 0.15) is 36.9 Å². The summed E-state index contributed by atoms with van der Waals surface area (Å²) in [6.07, 6.45) is 0.833. The molecule has 3 aromatic rings. The van der Waals surface area contributed by atoms with Crippen LogP contribution in [0.2, 0.25) is 5.02 Å². The van der Waals surface area contributed by atoms with Crippen molar-refractivity contribution in [1.82, 2.24) is 14.8 Å². The lowest BCUT2D eigenvalue weighted by Gasteiger charge is -2.14. The Morgan fingerprint density at radius 3 is 2.54 bits per heavy atom. The van der Waals surface area contributed by atoms with Gasteiger partial charge in [-0.3, -0.25) is 0 Å². The number of aromatic nitrogens is 3. The maximum Gasteiger partial charge on any atom is 0.191 e. The number of rotatable bonds is 7. The van der Waals surface area contributed by atoms with Crippen molar-refractivity contribution in [3.05, 3.63) is 70.5 Å². The zero-order chi connectivity index (χ0) is 18.5. The van der Waals surface area contributed by atoms with Gasteiger partial charge in [0.1, 0.15) is 5.75 Å². The van der Waals surface area contributed by atoms with E-state index in [-0.39, 0.29) is 6.10 Å². The molecule has 1 atom stereocenters. The topological polar surface area (TPSA) is 39.9 Å². The SMILES string of the molecule is CCc1ccc(O[C@@H](C)c2nnc(SCc3ccccc3Cl)n2C)cc1. The Morgan fingerprint density at radius 1 is 1.12 bits per heavy atom. The van der Waals surface area contributed by atoms with E-state index < -0.39 is 0 Å². The van der Waals surface area contributed by atoms with Gasteiger partial charge in [0.05, 0.1) is 0 Å². The molecule has 0 N–H and O–H groups in total. The molecule has 0 aliphatic rings. The predicted octanol–water partition coefficient (Wildman–Crippen LogP) is 5.46. The summed E-state index contributed by atoms with van der Waals surface area (Å²) in [5.74, 6) is 2.38. The second-order valence-corrected chi connectivity index (χ2v) is 7.39. The molecule has 0 aliphatic carbocycles. The van der Waals surface area contributed by atoms with E-state index in [0.717, 1.165) is 39.5 Å². The monoisotopic (exact) mass is 387 g/mol. The zero-order valence-corrected chi connectivity index (χ0v) is 16.7. The van der Waals surface area contributed by atoms with Crippen LogP contribution in [0.3, 0.4) is 0 Å². The Balaban J connectivity index is 1.66. The molecule has 136 valence electrons. The first-order chi connectivity index (χ1) is 12.6. The third-order valence-corrected chi connectivity index (χ3v) is 5.63. The number of thioether (sulfide) groups is 1. The van der Waals surface area contributed by atoms with E-state index in [1.54, 1.807) is 11.8 Å². The average Bonchev–Trinajstić information content (AvgIpc) is 3.02. The van der Waals surface area contributed by atoms with Crippen LogP contribution in [0.25, 0.3) is 0 Å². The summed E-state index contributed by atoms with van der Waals surface area (Å²) in [6.45, 7) is 4.13. The van der Waals surface area contributed by atoms with E-state index in [9.17, 15) is 0 Å². The first kappa shape index (κ1) is 18.8. The van der Waals surface area contributed by atoms with Gasteiger partial charge in [0.15, 0.2) is 17.1 Å². The highest BCUT2D eigenvalue weighted by Crippen LogP contribution is 2.27. The molecule has 6 heteroatoms. The number of benzene rings is 2. The van der Waals surface area contributed by atoms with Gasteiger partial charge in [-0.1, -0.05) is 60.6 Å². The summed E-state index contributed by atoms with van der Waals surface area (Å²) < 4.78 is 8.00. The molecule has 0 saturated carbocycles. The third-order valence-electron chi connectivity index (χ3n) is 4.19. The van der Waals surface area contributed by atoms with E-state index in [1.807, 2.05) is 54.9 Å². The lowest BCUT2D eigenvalue weighted by atomic mass is 10.2. The maximum atomic E-state index is 6.22. The van der Waals surface area contributed by atoms with Gasteiger partial charge in [0.2, 0.25) is 0 Å². The molecule has 0 unspecified atom stereocenters. The standard InChI is InChI=1S/C20H22ClN3OS/c1-4-15-9-11-17(12-10-15)25-14(2)19-22-23-20(24(19)3)26-13-16-7-5-6-8-18(16)21/h5-12,14H,4,13H2,1-3H3/t14-/m0/s1. The Kier molecular flexibility index (Phi) is 6.22. The summed E-state index contributed by atoms with van der Waals surface area (Å²) in [7, 11) is 1.96. The van der Waals surface area contributed by atoms with Crippen molar-refractivity contribution in [2.75, 3.05) is 0 Å². The molecule has 0 aliphatic heterocycles. The van der Waals surface area contributed by atoms with Gasteiger partial charge < -0.3 is 9.30 Å². The van der Waals surface area contributed by atoms with Crippen molar-refractivity contribution < 1.29 is 4.74 Å². The largest absolute Gasteiger partial charge is 0.483 e. The first-order valence-electron chi connectivity index (χ1n) is 8.59. The maximum absolute atomic E-state index is 6.22. The quantitative estimate of drug-likeness (QED) is 0.504. The van der Waals surface area contributed by atoms with Crippen LogP contribution >= 0.6 is 23.4 Å². The van der Waals surface area contributed by atoms with E-state index in [2.05, 4.69) is 29.3 Å². The molecule has 4 nitrogen and oxygen atoms in total. The molecule has 0 spiro atoms. The highest BCUT2D eigenvalue weighted by molar-refractivity contribution is 7.98. The second-order valence-electron chi connectivity index (χ2n) is 6.04. The Labute approximate surface area is 163 Å². The molecule has 0 fully saturated rings. The Bertz CT molecular complexity index is 864. The van der Waals surface area contributed by atoms with Gasteiger partial charge in [0.25, 0.3) is 0 Å². The lowest BCUT2D eigenvalue weighted by Crippen LogP contribution is -2.10. The molecular weight excluding hydrogens is 366 g/mol. The fraction of sp³-hybridized carbons (Fsp3) is 0.300. The summed E-state index contributed by atoms with van der Waals surface area (Å²) in [6, 6.07) is 16.0. The molecule has 1 heterocycles. The molecule has 0 radical (unpaired) electrons. The highest BCUT2D eigenvalue weighted by atomic mass is 35.5. The van der Waals surface area contributed by atoms with Gasteiger partial charge in [-0.2, -0.15) is 0 Å². The smallest absolute Gasteiger partial charge is 0.191 e. The van der Waals surface area contributed by atoms with Gasteiger partial charge in [-0.25, -0.2) is 0 Å². The van der Waals surface area contributed by atoms with Crippen LogP contribution in [0, 0.1) is 0 Å². The van der Waals surface area contributed by atoms with Gasteiger partial charge in [-0.15, -0.1) is 10.2 Å². The second kappa shape index (κ2) is 8.60. The van der Waals surface area contributed by atoms with E-state index >= 15 is 0 Å². The Hall–Kier alpha value is -1.98. The zero-order valence-electron chi connectivity index (χ0n) is 15.1. The molecule has 3 rings (SSSR count). The summed E-state index contributed by atoms with van der Waals surface area (Å²) in [4.78, 5) is 0. The van der Waals surface area contributed by atoms with E-state index in [4.69, 9.17) is 16.3 Å². The van der Waals surface area contributed by atoms with Crippen LogP contribution in [-0.4, -0.2) is 14.8 Å². The number of hydrogen-bond donors (Lipinski definition) is 0. The van der Waals surface area contributed by atoms with Crippen molar-refractivity contribution in [2.24, 2.45) is 7.05 Å². The minimum Gasteiger partial charge on any atom is -0.483 e. The summed E-state index contributed by atoms with van der Waals surface area (Å²) >= 11 is 7.83. The van der Waals surface area contributed by atoms with Crippen molar-refractivity contribution in [2.45, 2.75) is 37.3 Å². The van der Waals surface area contributed by atoms with Crippen molar-refractivity contribution in [3.63, 3.8) is 0 Å². The highest BCUT2D eigenvalue weighted by Gasteiger charge is 2.17. The van der Waals surface area contributed by atoms with Crippen molar-refractivity contribution in [3.8, 4) is 5.75 Å². The first-order valence-corrected chi connectivity index (χ1v) is 9.96. The number of nitrogens with zero attached hydrogens (tertiary/aromatic N) is 3. The third kappa shape index (κ3) is 4.40. The number of hydrogen-bond acceptors (Lipinski definition) is 4. The lowest BCUT2D eigenvalue weighted by molar-refractivity contribution is 0.211.